The van der Waals surface area contributed by atoms with E-state index in [4.69, 9.17) is 4.42 Å². The minimum Gasteiger partial charge on any atom is -0.436 e. The van der Waals surface area contributed by atoms with E-state index < -0.39 is 0 Å². The van der Waals surface area contributed by atoms with Gasteiger partial charge < -0.3 is 9.73 Å². The maximum atomic E-state index is 12.4. The molecule has 1 heterocycles. The average molecular weight is 342 g/mol. The lowest BCUT2D eigenvalue weighted by Gasteiger charge is -2.05. The highest BCUT2D eigenvalue weighted by Gasteiger charge is 2.12. The molecule has 0 aliphatic carbocycles. The zero-order valence-corrected chi connectivity index (χ0v) is 14.6. The molecule has 3 aromatic carbocycles. The summed E-state index contributed by atoms with van der Waals surface area (Å²) in [5.41, 5.74) is 5.84. The molecule has 1 aromatic heterocycles. The van der Waals surface area contributed by atoms with E-state index in [1.165, 1.54) is 0 Å². The Morgan fingerprint density at radius 1 is 0.962 bits per heavy atom. The number of anilines is 1. The zero-order chi connectivity index (χ0) is 18.1. The third kappa shape index (κ3) is 3.09. The summed E-state index contributed by atoms with van der Waals surface area (Å²) in [6, 6.07) is 20.9. The van der Waals surface area contributed by atoms with Gasteiger partial charge in [0, 0.05) is 16.8 Å². The quantitative estimate of drug-likeness (QED) is 0.545. The van der Waals surface area contributed by atoms with Crippen molar-refractivity contribution >= 4 is 22.7 Å². The number of amides is 1. The molecule has 4 nitrogen and oxygen atoms in total. The molecule has 4 rings (SSSR count). The van der Waals surface area contributed by atoms with Crippen LogP contribution in [0.25, 0.3) is 22.6 Å². The number of rotatable bonds is 3. The lowest BCUT2D eigenvalue weighted by molar-refractivity contribution is 0.102. The van der Waals surface area contributed by atoms with Crippen molar-refractivity contribution in [2.75, 3.05) is 5.32 Å². The third-order valence-electron chi connectivity index (χ3n) is 4.30. The molecule has 0 aliphatic rings. The molecule has 0 fully saturated rings. The van der Waals surface area contributed by atoms with Gasteiger partial charge in [-0.25, -0.2) is 4.98 Å². The van der Waals surface area contributed by atoms with E-state index in [9.17, 15) is 4.79 Å². The molecule has 0 unspecified atom stereocenters. The number of oxazole rings is 1. The molecule has 1 N–H and O–H groups in total. The number of nitrogens with zero attached hydrogens (tertiary/aromatic N) is 1. The fourth-order valence-electron chi connectivity index (χ4n) is 2.92. The van der Waals surface area contributed by atoms with Crippen LogP contribution in [0.4, 0.5) is 5.69 Å². The van der Waals surface area contributed by atoms with E-state index >= 15 is 0 Å². The predicted molar refractivity (Wildman–Crippen MR) is 103 cm³/mol. The number of fused-ring (bicyclic) bond motifs is 1. The molecule has 0 atom stereocenters. The highest BCUT2D eigenvalue weighted by Crippen LogP contribution is 2.28. The van der Waals surface area contributed by atoms with E-state index in [1.807, 2.05) is 74.5 Å². The Balaban J connectivity index is 1.64. The van der Waals surface area contributed by atoms with Crippen molar-refractivity contribution in [3.8, 4) is 11.5 Å². The van der Waals surface area contributed by atoms with Crippen LogP contribution in [0.15, 0.2) is 71.1 Å². The van der Waals surface area contributed by atoms with Gasteiger partial charge in [0.2, 0.25) is 5.89 Å². The predicted octanol–water partition coefficient (Wildman–Crippen LogP) is 5.36. The van der Waals surface area contributed by atoms with Crippen molar-refractivity contribution in [3.05, 3.63) is 83.4 Å². The topological polar surface area (TPSA) is 55.1 Å². The minimum atomic E-state index is -0.143. The summed E-state index contributed by atoms with van der Waals surface area (Å²) in [5.74, 6) is 0.441. The SMILES string of the molecule is Cc1cccc(C(=O)Nc2ccc3oc(-c4ccccc4C)nc3c2)c1. The second kappa shape index (κ2) is 6.48. The van der Waals surface area contributed by atoms with E-state index in [-0.39, 0.29) is 5.91 Å². The minimum absolute atomic E-state index is 0.143. The molecule has 0 saturated heterocycles. The molecule has 128 valence electrons. The number of benzene rings is 3. The molecule has 1 amide bonds. The molecule has 4 heteroatoms. The molecule has 0 bridgehead atoms. The molecular formula is C22H18N2O2. The Labute approximate surface area is 151 Å². The third-order valence-corrected chi connectivity index (χ3v) is 4.30. The van der Waals surface area contributed by atoms with Crippen LogP contribution in [-0.4, -0.2) is 10.9 Å². The van der Waals surface area contributed by atoms with Gasteiger partial charge in [-0.15, -0.1) is 0 Å². The summed E-state index contributed by atoms with van der Waals surface area (Å²) >= 11 is 0. The van der Waals surface area contributed by atoms with Crippen molar-refractivity contribution in [1.82, 2.24) is 4.98 Å². The lowest BCUT2D eigenvalue weighted by Crippen LogP contribution is -2.11. The molecular weight excluding hydrogens is 324 g/mol. The molecule has 26 heavy (non-hydrogen) atoms. The Morgan fingerprint density at radius 2 is 1.81 bits per heavy atom. The number of aromatic nitrogens is 1. The molecule has 0 radical (unpaired) electrons. The molecule has 0 saturated carbocycles. The van der Waals surface area contributed by atoms with Crippen LogP contribution in [0.3, 0.4) is 0 Å². The van der Waals surface area contributed by atoms with Crippen LogP contribution in [-0.2, 0) is 0 Å². The average Bonchev–Trinajstić information content (AvgIpc) is 3.05. The van der Waals surface area contributed by atoms with Gasteiger partial charge in [0.25, 0.3) is 5.91 Å². The van der Waals surface area contributed by atoms with Crippen LogP contribution in [0.5, 0.6) is 0 Å². The van der Waals surface area contributed by atoms with E-state index in [1.54, 1.807) is 6.07 Å². The first-order chi connectivity index (χ1) is 12.6. The Hall–Kier alpha value is -3.40. The maximum Gasteiger partial charge on any atom is 0.255 e. The van der Waals surface area contributed by atoms with Gasteiger partial charge >= 0.3 is 0 Å². The summed E-state index contributed by atoms with van der Waals surface area (Å²) in [5, 5.41) is 2.92. The van der Waals surface area contributed by atoms with Gasteiger partial charge in [0.15, 0.2) is 5.58 Å². The van der Waals surface area contributed by atoms with Gasteiger partial charge in [0.05, 0.1) is 0 Å². The summed E-state index contributed by atoms with van der Waals surface area (Å²) < 4.78 is 5.87. The van der Waals surface area contributed by atoms with Gasteiger partial charge in [-0.2, -0.15) is 0 Å². The van der Waals surface area contributed by atoms with Crippen LogP contribution in [0.1, 0.15) is 21.5 Å². The first-order valence-electron chi connectivity index (χ1n) is 8.45. The normalized spacial score (nSPS) is 10.8. The fourth-order valence-corrected chi connectivity index (χ4v) is 2.92. The largest absolute Gasteiger partial charge is 0.436 e. The van der Waals surface area contributed by atoms with Crippen molar-refractivity contribution in [2.24, 2.45) is 0 Å². The fraction of sp³-hybridized carbons (Fsp3) is 0.0909. The van der Waals surface area contributed by atoms with Gasteiger partial charge in [-0.05, 0) is 55.8 Å². The number of aryl methyl sites for hydroxylation is 2. The Kier molecular flexibility index (Phi) is 4.01. The highest BCUT2D eigenvalue weighted by atomic mass is 16.3. The Morgan fingerprint density at radius 3 is 2.62 bits per heavy atom. The molecule has 0 aliphatic heterocycles. The number of carbonyl (C=O) groups is 1. The number of hydrogen-bond acceptors (Lipinski definition) is 3. The van der Waals surface area contributed by atoms with E-state index in [0.717, 1.165) is 16.7 Å². The number of hydrogen-bond donors (Lipinski definition) is 1. The maximum absolute atomic E-state index is 12.4. The van der Waals surface area contributed by atoms with E-state index in [2.05, 4.69) is 10.3 Å². The summed E-state index contributed by atoms with van der Waals surface area (Å²) in [7, 11) is 0. The molecule has 4 aromatic rings. The second-order valence-electron chi connectivity index (χ2n) is 6.34. The first kappa shape index (κ1) is 16.1. The number of nitrogens with one attached hydrogen (secondary N) is 1. The van der Waals surface area contributed by atoms with E-state index in [0.29, 0.717) is 28.2 Å². The van der Waals surface area contributed by atoms with Crippen LogP contribution >= 0.6 is 0 Å². The Bertz CT molecular complexity index is 1110. The first-order valence-corrected chi connectivity index (χ1v) is 8.45. The smallest absolute Gasteiger partial charge is 0.255 e. The monoisotopic (exact) mass is 342 g/mol. The molecule has 0 spiro atoms. The van der Waals surface area contributed by atoms with Crippen LogP contribution in [0, 0.1) is 13.8 Å². The highest BCUT2D eigenvalue weighted by molar-refractivity contribution is 6.05. The lowest BCUT2D eigenvalue weighted by atomic mass is 10.1. The number of carbonyl (C=O) groups excluding carboxylic acids is 1. The van der Waals surface area contributed by atoms with Gasteiger partial charge in [-0.1, -0.05) is 35.9 Å². The van der Waals surface area contributed by atoms with Crippen molar-refractivity contribution in [3.63, 3.8) is 0 Å². The summed E-state index contributed by atoms with van der Waals surface area (Å²) in [6.07, 6.45) is 0. The van der Waals surface area contributed by atoms with Crippen LogP contribution in [0.2, 0.25) is 0 Å². The van der Waals surface area contributed by atoms with Crippen LogP contribution < -0.4 is 5.32 Å². The van der Waals surface area contributed by atoms with Gasteiger partial charge in [-0.3, -0.25) is 4.79 Å². The second-order valence-corrected chi connectivity index (χ2v) is 6.34. The summed E-state index contributed by atoms with van der Waals surface area (Å²) in [4.78, 5) is 17.0. The summed E-state index contributed by atoms with van der Waals surface area (Å²) in [6.45, 7) is 3.99. The van der Waals surface area contributed by atoms with Crippen molar-refractivity contribution in [1.29, 1.82) is 0 Å². The van der Waals surface area contributed by atoms with Crippen molar-refractivity contribution in [2.45, 2.75) is 13.8 Å². The zero-order valence-electron chi connectivity index (χ0n) is 14.6. The van der Waals surface area contributed by atoms with Crippen molar-refractivity contribution < 1.29 is 9.21 Å². The standard InChI is InChI=1S/C22H18N2O2/c1-14-6-5-8-16(12-14)21(25)23-17-10-11-20-19(13-17)24-22(26-20)18-9-4-3-7-15(18)2/h3-13H,1-2H3,(H,23,25). The van der Waals surface area contributed by atoms with Gasteiger partial charge in [0.1, 0.15) is 5.52 Å².